The number of esters is 1. The highest BCUT2D eigenvalue weighted by Gasteiger charge is 2.14. The maximum Gasteiger partial charge on any atom is 0.306 e. The van der Waals surface area contributed by atoms with E-state index in [1.165, 1.54) is 11.3 Å². The maximum absolute atomic E-state index is 12.0. The van der Waals surface area contributed by atoms with Crippen LogP contribution in [0.2, 0.25) is 0 Å². The molecule has 0 radical (unpaired) electrons. The van der Waals surface area contributed by atoms with Crippen molar-refractivity contribution in [3.63, 3.8) is 0 Å². The van der Waals surface area contributed by atoms with Gasteiger partial charge in [-0.05, 0) is 36.1 Å². The topological polar surface area (TPSA) is 94.3 Å². The zero-order valence-electron chi connectivity index (χ0n) is 15.1. The molecule has 0 saturated carbocycles. The predicted octanol–water partition coefficient (Wildman–Crippen LogP) is 3.91. The Morgan fingerprint density at radius 1 is 1.29 bits per heavy atom. The molecule has 1 atom stereocenters. The summed E-state index contributed by atoms with van der Waals surface area (Å²) in [7, 11) is 0. The molecule has 0 spiro atoms. The lowest BCUT2D eigenvalue weighted by molar-refractivity contribution is -0.148. The minimum atomic E-state index is -0.498. The second-order valence-electron chi connectivity index (χ2n) is 5.99. The molecule has 0 aliphatic heterocycles. The van der Waals surface area contributed by atoms with Crippen LogP contribution >= 0.6 is 27.3 Å². The molecule has 0 aliphatic rings. The number of aryl methyl sites for hydroxylation is 1. The molecular weight excluding hydrogens is 446 g/mol. The number of benzene rings is 1. The molecule has 146 valence electrons. The van der Waals surface area contributed by atoms with E-state index in [0.29, 0.717) is 11.7 Å². The average Bonchev–Trinajstić information content (AvgIpc) is 3.36. The van der Waals surface area contributed by atoms with E-state index in [0.717, 1.165) is 14.9 Å². The summed E-state index contributed by atoms with van der Waals surface area (Å²) < 4.78 is 11.1. The number of amides is 1. The van der Waals surface area contributed by atoms with Gasteiger partial charge in [-0.25, -0.2) is 0 Å². The van der Waals surface area contributed by atoms with Crippen LogP contribution < -0.4 is 5.32 Å². The van der Waals surface area contributed by atoms with Crippen molar-refractivity contribution in [1.29, 1.82) is 0 Å². The minimum absolute atomic E-state index is 0.0572. The van der Waals surface area contributed by atoms with Crippen LogP contribution in [-0.2, 0) is 20.7 Å². The summed E-state index contributed by atoms with van der Waals surface area (Å²) in [6, 6.07) is 11.2. The summed E-state index contributed by atoms with van der Waals surface area (Å²) in [5.41, 5.74) is 0.959. The standard InChI is InChI=1S/C19H18BrN3O4S/c1-12(13-4-6-14(20)7-5-13)21-16(24)11-26-18(25)9-8-17-22-19(23-27-17)15-3-2-10-28-15/h2-7,10,12H,8-9,11H2,1H3,(H,21,24). The molecule has 2 heterocycles. The minimum Gasteiger partial charge on any atom is -0.456 e. The highest BCUT2D eigenvalue weighted by Crippen LogP contribution is 2.21. The third-order valence-corrected chi connectivity index (χ3v) is 5.26. The molecule has 3 rings (SSSR count). The van der Waals surface area contributed by atoms with Gasteiger partial charge in [-0.2, -0.15) is 4.98 Å². The Hall–Kier alpha value is -2.52. The second-order valence-corrected chi connectivity index (χ2v) is 7.85. The van der Waals surface area contributed by atoms with Crippen molar-refractivity contribution in [2.24, 2.45) is 0 Å². The van der Waals surface area contributed by atoms with Crippen LogP contribution in [-0.4, -0.2) is 28.6 Å². The fraction of sp³-hybridized carbons (Fsp3) is 0.263. The molecule has 1 N–H and O–H groups in total. The molecule has 1 aromatic carbocycles. The zero-order chi connectivity index (χ0) is 19.9. The first-order valence-corrected chi connectivity index (χ1v) is 10.3. The highest BCUT2D eigenvalue weighted by atomic mass is 79.9. The Kier molecular flexibility index (Phi) is 6.94. The smallest absolute Gasteiger partial charge is 0.306 e. The lowest BCUT2D eigenvalue weighted by Gasteiger charge is -2.14. The van der Waals surface area contributed by atoms with E-state index in [2.05, 4.69) is 31.4 Å². The number of hydrogen-bond donors (Lipinski definition) is 1. The first-order chi connectivity index (χ1) is 13.5. The molecule has 7 nitrogen and oxygen atoms in total. The third-order valence-electron chi connectivity index (χ3n) is 3.86. The van der Waals surface area contributed by atoms with Crippen molar-refractivity contribution >= 4 is 39.1 Å². The lowest BCUT2D eigenvalue weighted by atomic mass is 10.1. The number of nitrogens with one attached hydrogen (secondary N) is 1. The number of carbonyl (C=O) groups excluding carboxylic acids is 2. The van der Waals surface area contributed by atoms with Gasteiger partial charge >= 0.3 is 5.97 Å². The molecular formula is C19H18BrN3O4S. The monoisotopic (exact) mass is 463 g/mol. The number of nitrogens with zero attached hydrogens (tertiary/aromatic N) is 2. The molecule has 0 saturated heterocycles. The van der Waals surface area contributed by atoms with Gasteiger partial charge in [0.1, 0.15) is 0 Å². The van der Waals surface area contributed by atoms with Crippen LogP contribution in [0.25, 0.3) is 10.7 Å². The SMILES string of the molecule is CC(NC(=O)COC(=O)CCc1nc(-c2cccs2)no1)c1ccc(Br)cc1. The van der Waals surface area contributed by atoms with Gasteiger partial charge in [0.15, 0.2) is 6.61 Å². The predicted molar refractivity (Wildman–Crippen MR) is 108 cm³/mol. The number of carbonyl (C=O) groups is 2. The van der Waals surface area contributed by atoms with Gasteiger partial charge in [-0.15, -0.1) is 11.3 Å². The first-order valence-electron chi connectivity index (χ1n) is 8.58. The Bertz CT molecular complexity index is 925. The van der Waals surface area contributed by atoms with Gasteiger partial charge in [0.25, 0.3) is 5.91 Å². The van der Waals surface area contributed by atoms with Gasteiger partial charge in [0.05, 0.1) is 17.3 Å². The Morgan fingerprint density at radius 3 is 2.79 bits per heavy atom. The Morgan fingerprint density at radius 2 is 2.07 bits per heavy atom. The Labute approximate surface area is 174 Å². The van der Waals surface area contributed by atoms with Gasteiger partial charge in [-0.3, -0.25) is 9.59 Å². The largest absolute Gasteiger partial charge is 0.456 e. The molecule has 1 unspecified atom stereocenters. The molecule has 0 aliphatic carbocycles. The van der Waals surface area contributed by atoms with E-state index in [-0.39, 0.29) is 31.4 Å². The van der Waals surface area contributed by atoms with E-state index in [9.17, 15) is 9.59 Å². The van der Waals surface area contributed by atoms with Crippen molar-refractivity contribution in [1.82, 2.24) is 15.5 Å². The number of hydrogen-bond acceptors (Lipinski definition) is 7. The van der Waals surface area contributed by atoms with Crippen molar-refractivity contribution in [2.45, 2.75) is 25.8 Å². The van der Waals surface area contributed by atoms with Crippen LogP contribution in [0.3, 0.4) is 0 Å². The van der Waals surface area contributed by atoms with Crippen LogP contribution in [0, 0.1) is 0 Å². The summed E-state index contributed by atoms with van der Waals surface area (Å²) in [5, 5.41) is 8.60. The van der Waals surface area contributed by atoms with Crippen molar-refractivity contribution in [3.05, 3.63) is 57.7 Å². The van der Waals surface area contributed by atoms with Crippen LogP contribution in [0.5, 0.6) is 0 Å². The van der Waals surface area contributed by atoms with Crippen molar-refractivity contribution in [3.8, 4) is 10.7 Å². The van der Waals surface area contributed by atoms with Gasteiger partial charge in [0.2, 0.25) is 11.7 Å². The van der Waals surface area contributed by atoms with E-state index in [1.807, 2.05) is 48.7 Å². The Balaban J connectivity index is 1.39. The van der Waals surface area contributed by atoms with Crippen LogP contribution in [0.15, 0.2) is 50.8 Å². The first kappa shape index (κ1) is 20.2. The number of halogens is 1. The van der Waals surface area contributed by atoms with Crippen molar-refractivity contribution < 1.29 is 18.8 Å². The fourth-order valence-electron chi connectivity index (χ4n) is 2.41. The summed E-state index contributed by atoms with van der Waals surface area (Å²) >= 11 is 4.88. The van der Waals surface area contributed by atoms with E-state index in [1.54, 1.807) is 0 Å². The summed E-state index contributed by atoms with van der Waals surface area (Å²) in [5.74, 6) is -0.00260. The molecule has 1 amide bonds. The van der Waals surface area contributed by atoms with Crippen LogP contribution in [0.1, 0.15) is 30.8 Å². The molecule has 28 heavy (non-hydrogen) atoms. The van der Waals surface area contributed by atoms with Crippen LogP contribution in [0.4, 0.5) is 0 Å². The van der Waals surface area contributed by atoms with E-state index in [4.69, 9.17) is 9.26 Å². The second kappa shape index (κ2) is 9.61. The quantitative estimate of drug-likeness (QED) is 0.508. The summed E-state index contributed by atoms with van der Waals surface area (Å²) in [6.45, 7) is 1.54. The molecule has 0 bridgehead atoms. The molecule has 9 heteroatoms. The average molecular weight is 464 g/mol. The normalized spacial score (nSPS) is 11.8. The summed E-state index contributed by atoms with van der Waals surface area (Å²) in [4.78, 5) is 29.0. The summed E-state index contributed by atoms with van der Waals surface area (Å²) in [6.07, 6.45) is 0.315. The molecule has 3 aromatic rings. The van der Waals surface area contributed by atoms with Gasteiger partial charge in [-0.1, -0.05) is 39.3 Å². The molecule has 0 fully saturated rings. The lowest BCUT2D eigenvalue weighted by Crippen LogP contribution is -2.31. The number of thiophene rings is 1. The maximum atomic E-state index is 12.0. The third kappa shape index (κ3) is 5.74. The van der Waals surface area contributed by atoms with E-state index < -0.39 is 5.97 Å². The fourth-order valence-corrected chi connectivity index (χ4v) is 3.32. The number of ether oxygens (including phenoxy) is 1. The van der Waals surface area contributed by atoms with Crippen molar-refractivity contribution in [2.75, 3.05) is 6.61 Å². The highest BCUT2D eigenvalue weighted by molar-refractivity contribution is 9.10. The number of aromatic nitrogens is 2. The van der Waals surface area contributed by atoms with E-state index >= 15 is 0 Å². The van der Waals surface area contributed by atoms with Gasteiger partial charge in [0, 0.05) is 10.9 Å². The zero-order valence-corrected chi connectivity index (χ0v) is 17.5. The van der Waals surface area contributed by atoms with Gasteiger partial charge < -0.3 is 14.6 Å². The molecule has 2 aromatic heterocycles. The number of rotatable bonds is 8.